The van der Waals surface area contributed by atoms with Gasteiger partial charge >= 0.3 is 6.18 Å². The third-order valence-corrected chi connectivity index (χ3v) is 5.14. The van der Waals surface area contributed by atoms with Gasteiger partial charge in [-0.3, -0.25) is 4.90 Å². The fourth-order valence-electron chi connectivity index (χ4n) is 3.18. The molecule has 0 aliphatic carbocycles. The summed E-state index contributed by atoms with van der Waals surface area (Å²) in [7, 11) is 0. The lowest BCUT2D eigenvalue weighted by Gasteiger charge is -2.34. The van der Waals surface area contributed by atoms with Crippen LogP contribution >= 0.6 is 11.6 Å². The lowest BCUT2D eigenvalue weighted by molar-refractivity contribution is -0.141. The van der Waals surface area contributed by atoms with Gasteiger partial charge in [0.15, 0.2) is 0 Å². The second-order valence-corrected chi connectivity index (χ2v) is 7.27. The van der Waals surface area contributed by atoms with Crippen LogP contribution in [-0.2, 0) is 12.7 Å². The molecule has 2 heterocycles. The highest BCUT2D eigenvalue weighted by molar-refractivity contribution is 6.31. The minimum absolute atomic E-state index is 0.0218. The molecule has 5 nitrogen and oxygen atoms in total. The number of halogens is 5. The molecule has 29 heavy (non-hydrogen) atoms. The highest BCUT2D eigenvalue weighted by Crippen LogP contribution is 2.27. The van der Waals surface area contributed by atoms with Gasteiger partial charge in [0.1, 0.15) is 11.5 Å². The summed E-state index contributed by atoms with van der Waals surface area (Å²) in [5.74, 6) is -0.311. The Labute approximate surface area is 171 Å². The van der Waals surface area contributed by atoms with Gasteiger partial charge < -0.3 is 10.2 Å². The van der Waals surface area contributed by atoms with Crippen molar-refractivity contribution in [2.75, 3.05) is 44.6 Å². The Bertz CT molecular complexity index is 789. The van der Waals surface area contributed by atoms with Crippen molar-refractivity contribution in [1.29, 1.82) is 0 Å². The van der Waals surface area contributed by atoms with Crippen LogP contribution in [0.3, 0.4) is 0 Å². The van der Waals surface area contributed by atoms with Gasteiger partial charge in [-0.1, -0.05) is 17.7 Å². The van der Waals surface area contributed by atoms with Crippen LogP contribution < -0.4 is 5.32 Å². The molecule has 1 N–H and O–H groups in total. The average molecular weight is 432 g/mol. The predicted molar refractivity (Wildman–Crippen MR) is 103 cm³/mol. The smallest absolute Gasteiger partial charge is 0.354 e. The van der Waals surface area contributed by atoms with Crippen molar-refractivity contribution in [3.05, 3.63) is 52.6 Å². The summed E-state index contributed by atoms with van der Waals surface area (Å²) in [5.41, 5.74) is -0.436. The Hall–Kier alpha value is -1.97. The number of benzene rings is 1. The zero-order valence-corrected chi connectivity index (χ0v) is 16.5. The first kappa shape index (κ1) is 21.7. The van der Waals surface area contributed by atoms with E-state index >= 15 is 0 Å². The molecule has 1 aromatic carbocycles. The van der Waals surface area contributed by atoms with E-state index in [1.165, 1.54) is 6.07 Å². The molecule has 0 amide bonds. The SMILES string of the molecule is Fc1cccc(Cl)c1CN1CCN(CCCNc2nccc(C(F)(F)F)n2)CC1. The highest BCUT2D eigenvalue weighted by atomic mass is 35.5. The van der Waals surface area contributed by atoms with Crippen molar-refractivity contribution in [3.8, 4) is 0 Å². The van der Waals surface area contributed by atoms with Crippen molar-refractivity contribution in [1.82, 2.24) is 19.8 Å². The Kier molecular flexibility index (Phi) is 7.26. The van der Waals surface area contributed by atoms with E-state index in [1.54, 1.807) is 12.1 Å². The topological polar surface area (TPSA) is 44.3 Å². The van der Waals surface area contributed by atoms with Crippen LogP contribution in [0.1, 0.15) is 17.7 Å². The number of hydrogen-bond donors (Lipinski definition) is 1. The fourth-order valence-corrected chi connectivity index (χ4v) is 3.41. The van der Waals surface area contributed by atoms with Crippen molar-refractivity contribution in [2.24, 2.45) is 0 Å². The quantitative estimate of drug-likeness (QED) is 0.532. The molecule has 0 radical (unpaired) electrons. The lowest BCUT2D eigenvalue weighted by atomic mass is 10.2. The molecule has 0 saturated carbocycles. The molecule has 0 atom stereocenters. The van der Waals surface area contributed by atoms with E-state index in [4.69, 9.17) is 11.6 Å². The normalized spacial score (nSPS) is 16.2. The zero-order valence-electron chi connectivity index (χ0n) is 15.7. The first-order chi connectivity index (χ1) is 13.8. The first-order valence-electron chi connectivity index (χ1n) is 9.34. The number of piperazine rings is 1. The van der Waals surface area contributed by atoms with Crippen LogP contribution in [0.5, 0.6) is 0 Å². The summed E-state index contributed by atoms with van der Waals surface area (Å²) in [6.45, 7) is 5.04. The number of nitrogens with zero attached hydrogens (tertiary/aromatic N) is 4. The van der Waals surface area contributed by atoms with Gasteiger partial charge in [0.2, 0.25) is 5.95 Å². The lowest BCUT2D eigenvalue weighted by Crippen LogP contribution is -2.46. The van der Waals surface area contributed by atoms with Gasteiger partial charge in [-0.05, 0) is 31.2 Å². The zero-order chi connectivity index (χ0) is 20.9. The van der Waals surface area contributed by atoms with E-state index < -0.39 is 11.9 Å². The molecule has 10 heteroatoms. The van der Waals surface area contributed by atoms with Crippen LogP contribution in [0.15, 0.2) is 30.5 Å². The molecule has 1 aliphatic rings. The summed E-state index contributed by atoms with van der Waals surface area (Å²) in [4.78, 5) is 11.7. The van der Waals surface area contributed by atoms with Gasteiger partial charge in [-0.2, -0.15) is 13.2 Å². The average Bonchev–Trinajstić information content (AvgIpc) is 2.69. The summed E-state index contributed by atoms with van der Waals surface area (Å²) >= 11 is 6.09. The van der Waals surface area contributed by atoms with Crippen molar-refractivity contribution in [2.45, 2.75) is 19.1 Å². The summed E-state index contributed by atoms with van der Waals surface area (Å²) < 4.78 is 51.9. The van der Waals surface area contributed by atoms with Gasteiger partial charge in [0, 0.05) is 56.1 Å². The maximum absolute atomic E-state index is 13.9. The minimum Gasteiger partial charge on any atom is -0.354 e. The van der Waals surface area contributed by atoms with Gasteiger partial charge in [0.05, 0.1) is 0 Å². The number of rotatable bonds is 7. The first-order valence-corrected chi connectivity index (χ1v) is 9.72. The summed E-state index contributed by atoms with van der Waals surface area (Å²) in [6.07, 6.45) is -2.64. The van der Waals surface area contributed by atoms with Crippen LogP contribution in [0.2, 0.25) is 5.02 Å². The molecule has 1 aliphatic heterocycles. The van der Waals surface area contributed by atoms with Crippen molar-refractivity contribution >= 4 is 17.5 Å². The van der Waals surface area contributed by atoms with Crippen LogP contribution in [-0.4, -0.2) is 59.0 Å². The van der Waals surface area contributed by atoms with Crippen LogP contribution in [0.4, 0.5) is 23.5 Å². The molecule has 2 aromatic rings. The molecule has 0 bridgehead atoms. The molecule has 0 unspecified atom stereocenters. The van der Waals surface area contributed by atoms with E-state index in [0.717, 1.165) is 51.4 Å². The molecule has 1 saturated heterocycles. The predicted octanol–water partition coefficient (Wildman–Crippen LogP) is 3.91. The third kappa shape index (κ3) is 6.25. The molecule has 1 aromatic heterocycles. The number of nitrogens with one attached hydrogen (secondary N) is 1. The van der Waals surface area contributed by atoms with Crippen molar-refractivity contribution < 1.29 is 17.6 Å². The largest absolute Gasteiger partial charge is 0.433 e. The summed E-state index contributed by atoms with van der Waals surface area (Å²) in [6, 6.07) is 5.55. The third-order valence-electron chi connectivity index (χ3n) is 4.79. The number of hydrogen-bond acceptors (Lipinski definition) is 5. The van der Waals surface area contributed by atoms with Crippen LogP contribution in [0, 0.1) is 5.82 Å². The number of alkyl halides is 3. The maximum Gasteiger partial charge on any atom is 0.433 e. The van der Waals surface area contributed by atoms with E-state index in [9.17, 15) is 17.6 Å². The Morgan fingerprint density at radius 2 is 1.79 bits per heavy atom. The Morgan fingerprint density at radius 3 is 2.48 bits per heavy atom. The highest BCUT2D eigenvalue weighted by Gasteiger charge is 2.32. The summed E-state index contributed by atoms with van der Waals surface area (Å²) in [5, 5.41) is 3.28. The molecule has 1 fully saturated rings. The van der Waals surface area contributed by atoms with E-state index in [1.807, 2.05) is 0 Å². The Morgan fingerprint density at radius 1 is 1.07 bits per heavy atom. The monoisotopic (exact) mass is 431 g/mol. The number of anilines is 1. The molecular weight excluding hydrogens is 410 g/mol. The molecule has 0 spiro atoms. The van der Waals surface area contributed by atoms with Crippen molar-refractivity contribution in [3.63, 3.8) is 0 Å². The van der Waals surface area contributed by atoms with Gasteiger partial charge in [-0.15, -0.1) is 0 Å². The minimum atomic E-state index is -4.48. The van der Waals surface area contributed by atoms with E-state index in [2.05, 4.69) is 25.1 Å². The van der Waals surface area contributed by atoms with Gasteiger partial charge in [-0.25, -0.2) is 14.4 Å². The molecule has 158 valence electrons. The Balaban J connectivity index is 1.37. The molecule has 3 rings (SSSR count). The second kappa shape index (κ2) is 9.69. The van der Waals surface area contributed by atoms with E-state index in [-0.39, 0.29) is 11.8 Å². The maximum atomic E-state index is 13.9. The van der Waals surface area contributed by atoms with Crippen LogP contribution in [0.25, 0.3) is 0 Å². The van der Waals surface area contributed by atoms with Gasteiger partial charge in [0.25, 0.3) is 0 Å². The molecular formula is C19H22ClF4N5. The fraction of sp³-hybridized carbons (Fsp3) is 0.474. The van der Waals surface area contributed by atoms with E-state index in [0.29, 0.717) is 23.7 Å². The standard InChI is InChI=1S/C19H22ClF4N5/c20-15-3-1-4-16(21)14(15)13-29-11-9-28(10-12-29)8-2-6-25-18-26-7-5-17(27-18)19(22,23)24/h1,3-5,7H,2,6,8-13H2,(H,25,26,27). The second-order valence-electron chi connectivity index (χ2n) is 6.86. The number of aromatic nitrogens is 2.